The molecule has 1 aromatic carbocycles. The number of hydrogen-bond donors (Lipinski definition) is 2. The Hall–Kier alpha value is -3.29. The van der Waals surface area contributed by atoms with Crippen molar-refractivity contribution < 1.29 is 14.3 Å². The smallest absolute Gasteiger partial charge is 0.410 e. The Morgan fingerprint density at radius 2 is 1.78 bits per heavy atom. The van der Waals surface area contributed by atoms with Gasteiger partial charge in [0.05, 0.1) is 5.69 Å². The Balaban J connectivity index is 1.12. The van der Waals surface area contributed by atoms with Crippen LogP contribution in [0.15, 0.2) is 24.3 Å². The van der Waals surface area contributed by atoms with Crippen LogP contribution in [0, 0.1) is 10.8 Å². The fourth-order valence-corrected chi connectivity index (χ4v) is 5.97. The lowest BCUT2D eigenvalue weighted by molar-refractivity contribution is -0.0980. The molecular formula is C28H35N5O3. The number of amides is 2. The number of H-pyrrole nitrogens is 2. The van der Waals surface area contributed by atoms with Crippen molar-refractivity contribution in [3.05, 3.63) is 41.1 Å². The Labute approximate surface area is 211 Å². The third-order valence-electron chi connectivity index (χ3n) is 7.83. The van der Waals surface area contributed by atoms with Gasteiger partial charge in [-0.25, -0.2) is 4.79 Å². The number of nitrogens with one attached hydrogen (secondary N) is 2. The van der Waals surface area contributed by atoms with Gasteiger partial charge in [-0.1, -0.05) is 19.9 Å². The first kappa shape index (κ1) is 23.1. The van der Waals surface area contributed by atoms with E-state index in [-0.39, 0.29) is 17.4 Å². The highest BCUT2D eigenvalue weighted by atomic mass is 16.6. The van der Waals surface area contributed by atoms with E-state index in [4.69, 9.17) is 4.74 Å². The number of benzene rings is 1. The second-order valence-electron chi connectivity index (χ2n) is 12.9. The molecule has 2 aromatic heterocycles. The third-order valence-corrected chi connectivity index (χ3v) is 7.83. The van der Waals surface area contributed by atoms with Crippen LogP contribution in [-0.2, 0) is 17.6 Å². The number of carbonyl (C=O) groups excluding carboxylic acids is 2. The Kier molecular flexibility index (Phi) is 4.89. The van der Waals surface area contributed by atoms with Crippen LogP contribution in [0.1, 0.15) is 62.7 Å². The van der Waals surface area contributed by atoms with E-state index in [1.807, 2.05) is 43.9 Å². The summed E-state index contributed by atoms with van der Waals surface area (Å²) in [5, 5.41) is 8.97. The summed E-state index contributed by atoms with van der Waals surface area (Å²) in [6.07, 6.45) is 2.92. The standard InChI is InChI=1S/C28H35N5O3/c1-26(2,3)36-25(35)33-15-28(16-33)13-32(14-28)24(34)18-7-6-17-10-21(29-20(17)11-18)23-19-8-9-27(4,5)12-22(19)30-31-23/h6-7,10-11,29H,8-9,12-16H2,1-5H3,(H,30,31). The van der Waals surface area contributed by atoms with Gasteiger partial charge in [0.25, 0.3) is 5.91 Å². The van der Waals surface area contributed by atoms with Gasteiger partial charge in [-0.2, -0.15) is 5.10 Å². The highest BCUT2D eigenvalue weighted by Gasteiger charge is 2.55. The van der Waals surface area contributed by atoms with Crippen LogP contribution in [0.2, 0.25) is 0 Å². The molecule has 3 aromatic rings. The van der Waals surface area contributed by atoms with Gasteiger partial charge in [-0.3, -0.25) is 9.89 Å². The molecule has 8 heteroatoms. The van der Waals surface area contributed by atoms with E-state index < -0.39 is 5.60 Å². The molecule has 1 aliphatic carbocycles. The Morgan fingerprint density at radius 3 is 2.50 bits per heavy atom. The monoisotopic (exact) mass is 489 g/mol. The van der Waals surface area contributed by atoms with Gasteiger partial charge in [-0.05, 0) is 63.6 Å². The zero-order chi connectivity index (χ0) is 25.5. The fourth-order valence-electron chi connectivity index (χ4n) is 5.97. The van der Waals surface area contributed by atoms with Crippen LogP contribution in [-0.4, -0.2) is 68.8 Å². The lowest BCUT2D eigenvalue weighted by Gasteiger charge is -2.59. The molecule has 3 aliphatic rings. The lowest BCUT2D eigenvalue weighted by Crippen LogP contribution is -2.73. The van der Waals surface area contributed by atoms with Gasteiger partial charge in [0, 0.05) is 59.3 Å². The first-order valence-corrected chi connectivity index (χ1v) is 12.9. The van der Waals surface area contributed by atoms with E-state index in [0.29, 0.717) is 37.2 Å². The molecule has 2 N–H and O–H groups in total. The molecule has 190 valence electrons. The van der Waals surface area contributed by atoms with Crippen molar-refractivity contribution in [2.75, 3.05) is 26.2 Å². The highest BCUT2D eigenvalue weighted by Crippen LogP contribution is 2.41. The molecular weight excluding hydrogens is 454 g/mol. The van der Waals surface area contributed by atoms with Crippen molar-refractivity contribution in [2.45, 2.75) is 59.5 Å². The largest absolute Gasteiger partial charge is 0.444 e. The van der Waals surface area contributed by atoms with E-state index >= 15 is 0 Å². The second kappa shape index (κ2) is 7.60. The zero-order valence-electron chi connectivity index (χ0n) is 21.8. The van der Waals surface area contributed by atoms with Gasteiger partial charge in [-0.15, -0.1) is 0 Å². The molecule has 2 saturated heterocycles. The normalized spacial score (nSPS) is 20.1. The number of nitrogens with zero attached hydrogens (tertiary/aromatic N) is 3. The van der Waals surface area contributed by atoms with Crippen molar-refractivity contribution in [3.8, 4) is 11.4 Å². The molecule has 2 amide bonds. The van der Waals surface area contributed by atoms with Crippen LogP contribution in [0.5, 0.6) is 0 Å². The number of carbonyl (C=O) groups is 2. The van der Waals surface area contributed by atoms with Gasteiger partial charge >= 0.3 is 6.09 Å². The van der Waals surface area contributed by atoms with Crippen molar-refractivity contribution >= 4 is 22.9 Å². The quantitative estimate of drug-likeness (QED) is 0.542. The number of rotatable bonds is 2. The number of ether oxygens (including phenoxy) is 1. The SMILES string of the molecule is CC1(C)CCc2c(-c3cc4ccc(C(=O)N5CC6(CN(C(=O)OC(C)(C)C)C6)C5)cc4[nH]3)n[nH]c2C1. The van der Waals surface area contributed by atoms with E-state index in [9.17, 15) is 9.59 Å². The maximum Gasteiger partial charge on any atom is 0.410 e. The van der Waals surface area contributed by atoms with Crippen LogP contribution in [0.25, 0.3) is 22.3 Å². The molecule has 0 atom stereocenters. The van der Waals surface area contributed by atoms with Crippen molar-refractivity contribution in [3.63, 3.8) is 0 Å². The van der Waals surface area contributed by atoms with E-state index in [0.717, 1.165) is 41.6 Å². The number of likely N-dealkylation sites (tertiary alicyclic amines) is 2. The van der Waals surface area contributed by atoms with E-state index in [1.54, 1.807) is 4.90 Å². The summed E-state index contributed by atoms with van der Waals surface area (Å²) in [7, 11) is 0. The van der Waals surface area contributed by atoms with Crippen LogP contribution in [0.4, 0.5) is 4.79 Å². The van der Waals surface area contributed by atoms with Crippen molar-refractivity contribution in [1.82, 2.24) is 25.0 Å². The van der Waals surface area contributed by atoms with Gasteiger partial charge in [0.1, 0.15) is 11.3 Å². The summed E-state index contributed by atoms with van der Waals surface area (Å²) >= 11 is 0. The predicted molar refractivity (Wildman–Crippen MR) is 138 cm³/mol. The first-order chi connectivity index (χ1) is 16.9. The number of fused-ring (bicyclic) bond motifs is 2. The third kappa shape index (κ3) is 3.96. The van der Waals surface area contributed by atoms with E-state index in [1.165, 1.54) is 11.3 Å². The molecule has 0 saturated carbocycles. The van der Waals surface area contributed by atoms with Crippen LogP contribution < -0.4 is 0 Å². The maximum atomic E-state index is 13.2. The molecule has 2 aliphatic heterocycles. The minimum Gasteiger partial charge on any atom is -0.444 e. The first-order valence-electron chi connectivity index (χ1n) is 12.9. The number of hydrogen-bond acceptors (Lipinski definition) is 4. The molecule has 8 nitrogen and oxygen atoms in total. The van der Waals surface area contributed by atoms with Crippen LogP contribution >= 0.6 is 0 Å². The number of aromatic nitrogens is 3. The molecule has 0 bridgehead atoms. The highest BCUT2D eigenvalue weighted by molar-refractivity contribution is 5.99. The molecule has 4 heterocycles. The molecule has 6 rings (SSSR count). The summed E-state index contributed by atoms with van der Waals surface area (Å²) in [5.74, 6) is 0.0359. The Morgan fingerprint density at radius 1 is 1.06 bits per heavy atom. The molecule has 0 radical (unpaired) electrons. The minimum atomic E-state index is -0.495. The van der Waals surface area contributed by atoms with Crippen molar-refractivity contribution in [2.24, 2.45) is 10.8 Å². The summed E-state index contributed by atoms with van der Waals surface area (Å²) in [5.41, 5.74) is 5.98. The average Bonchev–Trinajstić information content (AvgIpc) is 3.31. The van der Waals surface area contributed by atoms with E-state index in [2.05, 4.69) is 35.1 Å². The average molecular weight is 490 g/mol. The van der Waals surface area contributed by atoms with Crippen LogP contribution in [0.3, 0.4) is 0 Å². The fraction of sp³-hybridized carbons (Fsp3) is 0.536. The zero-order valence-corrected chi connectivity index (χ0v) is 21.8. The van der Waals surface area contributed by atoms with Gasteiger partial charge in [0.15, 0.2) is 0 Å². The van der Waals surface area contributed by atoms with Gasteiger partial charge < -0.3 is 19.5 Å². The predicted octanol–water partition coefficient (Wildman–Crippen LogP) is 4.77. The minimum absolute atomic E-state index is 0.0177. The molecule has 2 fully saturated rings. The molecule has 36 heavy (non-hydrogen) atoms. The number of aromatic amines is 2. The molecule has 0 unspecified atom stereocenters. The maximum absolute atomic E-state index is 13.2. The molecule has 1 spiro atoms. The summed E-state index contributed by atoms with van der Waals surface area (Å²) in [6, 6.07) is 7.98. The second-order valence-corrected chi connectivity index (χ2v) is 12.9. The topological polar surface area (TPSA) is 94.3 Å². The summed E-state index contributed by atoms with van der Waals surface area (Å²) < 4.78 is 5.45. The Bertz CT molecular complexity index is 1360. The lowest BCUT2D eigenvalue weighted by atomic mass is 9.73. The summed E-state index contributed by atoms with van der Waals surface area (Å²) in [4.78, 5) is 32.5. The van der Waals surface area contributed by atoms with Crippen molar-refractivity contribution in [1.29, 1.82) is 0 Å². The summed E-state index contributed by atoms with van der Waals surface area (Å²) in [6.45, 7) is 12.9. The van der Waals surface area contributed by atoms with Gasteiger partial charge in [0.2, 0.25) is 0 Å².